The number of allylic oxidation sites excluding steroid dienone is 2. The molecule has 7 heteroatoms. The fourth-order valence-corrected chi connectivity index (χ4v) is 5.59. The second-order valence-electron chi connectivity index (χ2n) is 11.6. The first-order valence-electron chi connectivity index (χ1n) is 13.8. The van der Waals surface area contributed by atoms with E-state index in [1.165, 1.54) is 0 Å². The van der Waals surface area contributed by atoms with Crippen molar-refractivity contribution in [2.24, 2.45) is 0 Å². The van der Waals surface area contributed by atoms with Crippen LogP contribution in [0.25, 0.3) is 55.9 Å². The van der Waals surface area contributed by atoms with E-state index in [1.807, 2.05) is 78.9 Å². The second kappa shape index (κ2) is 8.48. The molecule has 8 rings (SSSR count). The van der Waals surface area contributed by atoms with E-state index in [9.17, 15) is 0 Å². The van der Waals surface area contributed by atoms with Crippen LogP contribution in [-0.4, -0.2) is 28.3 Å². The zero-order chi connectivity index (χ0) is 27.9. The first kappa shape index (κ1) is 24.3. The Hall–Kier alpha value is -4.55. The molecule has 1 aliphatic heterocycles. The molecule has 2 aliphatic rings. The smallest absolute Gasteiger partial charge is 0.452 e. The summed E-state index contributed by atoms with van der Waals surface area (Å²) in [4.78, 5) is 10.1. The third-order valence-electron chi connectivity index (χ3n) is 8.49. The lowest BCUT2D eigenvalue weighted by atomic mass is 9.79. The summed E-state index contributed by atoms with van der Waals surface area (Å²) in [6.07, 6.45) is 7.03. The van der Waals surface area contributed by atoms with E-state index in [1.54, 1.807) is 0 Å². The highest BCUT2D eigenvalue weighted by molar-refractivity contribution is 6.62. The Balaban J connectivity index is 1.36. The predicted molar refractivity (Wildman–Crippen MR) is 161 cm³/mol. The average Bonchev–Trinajstić information content (AvgIpc) is 3.60. The first-order valence-corrected chi connectivity index (χ1v) is 13.8. The molecule has 4 heterocycles. The molecular weight excluding hydrogens is 511 g/mol. The maximum absolute atomic E-state index is 6.36. The van der Waals surface area contributed by atoms with E-state index in [2.05, 4.69) is 39.8 Å². The van der Waals surface area contributed by atoms with Crippen molar-refractivity contribution in [2.75, 3.05) is 0 Å². The van der Waals surface area contributed by atoms with Crippen molar-refractivity contribution in [3.63, 3.8) is 0 Å². The molecule has 0 bridgehead atoms. The summed E-state index contributed by atoms with van der Waals surface area (Å²) >= 11 is 0. The molecule has 1 fully saturated rings. The number of rotatable bonds is 3. The van der Waals surface area contributed by atoms with Gasteiger partial charge in [0.05, 0.1) is 16.6 Å². The van der Waals surface area contributed by atoms with Crippen LogP contribution in [0.4, 0.5) is 0 Å². The summed E-state index contributed by atoms with van der Waals surface area (Å²) in [5, 5.41) is 2.85. The maximum atomic E-state index is 6.36. The van der Waals surface area contributed by atoms with Gasteiger partial charge >= 0.3 is 7.12 Å². The normalized spacial score (nSPS) is 17.3. The highest BCUT2D eigenvalue weighted by Gasteiger charge is 2.51. The van der Waals surface area contributed by atoms with Gasteiger partial charge in [0.25, 0.3) is 5.42 Å². The van der Waals surface area contributed by atoms with Gasteiger partial charge < -0.3 is 18.1 Å². The minimum Gasteiger partial charge on any atom is -0.452 e. The molecule has 1 aliphatic carbocycles. The first-order chi connectivity index (χ1) is 19.8. The molecule has 3 aromatic heterocycles. The maximum Gasteiger partial charge on any atom is 0.494 e. The van der Waals surface area contributed by atoms with E-state index in [4.69, 9.17) is 28.1 Å². The summed E-state index contributed by atoms with van der Waals surface area (Å²) in [7, 11) is -0.475. The summed E-state index contributed by atoms with van der Waals surface area (Å²) in [5.41, 5.74) is 6.28. The molecule has 198 valence electrons. The molecular formula is C34H26BN2O4+. The number of furan rings is 2. The predicted octanol–water partition coefficient (Wildman–Crippen LogP) is 5.44. The van der Waals surface area contributed by atoms with E-state index in [0.717, 1.165) is 55.0 Å². The van der Waals surface area contributed by atoms with Gasteiger partial charge in [0.2, 0.25) is 5.82 Å². The summed E-state index contributed by atoms with van der Waals surface area (Å²) in [6.45, 7) is 8.22. The van der Waals surface area contributed by atoms with Gasteiger partial charge in [-0.1, -0.05) is 48.5 Å². The van der Waals surface area contributed by atoms with Gasteiger partial charge in [0, 0.05) is 17.0 Å². The Morgan fingerprint density at radius 3 is 2.32 bits per heavy atom. The zero-order valence-electron chi connectivity index (χ0n) is 23.2. The fourth-order valence-electron chi connectivity index (χ4n) is 5.59. The van der Waals surface area contributed by atoms with E-state index in [-0.39, 0.29) is 0 Å². The number of aromatic nitrogens is 2. The van der Waals surface area contributed by atoms with Crippen LogP contribution < -0.4 is 16.1 Å². The van der Waals surface area contributed by atoms with E-state index < -0.39 is 18.3 Å². The van der Waals surface area contributed by atoms with Crippen molar-refractivity contribution < 1.29 is 18.1 Å². The number of fused-ring (bicyclic) bond motifs is 6. The van der Waals surface area contributed by atoms with Crippen molar-refractivity contribution in [1.29, 1.82) is 0 Å². The molecule has 0 radical (unpaired) electrons. The molecule has 6 nitrogen and oxygen atoms in total. The van der Waals surface area contributed by atoms with Crippen LogP contribution in [0.3, 0.4) is 0 Å². The Kier molecular flexibility index (Phi) is 5.02. The second-order valence-corrected chi connectivity index (χ2v) is 11.6. The lowest BCUT2D eigenvalue weighted by molar-refractivity contribution is 0.00578. The van der Waals surface area contributed by atoms with Crippen LogP contribution in [0.2, 0.25) is 0 Å². The number of hydrogen-bond acceptors (Lipinski definition) is 6. The van der Waals surface area contributed by atoms with Crippen LogP contribution in [0.5, 0.6) is 0 Å². The molecule has 0 saturated carbocycles. The van der Waals surface area contributed by atoms with Gasteiger partial charge in [-0.3, -0.25) is 0 Å². The van der Waals surface area contributed by atoms with Gasteiger partial charge in [0.1, 0.15) is 34.5 Å². The van der Waals surface area contributed by atoms with Crippen molar-refractivity contribution in [2.45, 2.75) is 38.9 Å². The summed E-state index contributed by atoms with van der Waals surface area (Å²) in [6, 6.07) is 24.1. The number of para-hydroxylation sites is 1. The molecule has 0 unspecified atom stereocenters. The molecule has 1 saturated heterocycles. The van der Waals surface area contributed by atoms with Crippen LogP contribution in [-0.2, 0) is 9.31 Å². The zero-order valence-corrected chi connectivity index (χ0v) is 23.2. The molecule has 0 amide bonds. The van der Waals surface area contributed by atoms with Crippen molar-refractivity contribution in [1.82, 2.24) is 9.97 Å². The molecule has 0 N–H and O–H groups in total. The SMILES string of the molecule is CC1(C)OB(c2ccc3c4c(oc3c2)=C[C+]=CC=4c2nc(-c3ccccc3)c3oc4ccccc4c3n2)OC1(C)C. The Morgan fingerprint density at radius 2 is 1.51 bits per heavy atom. The third kappa shape index (κ3) is 3.64. The van der Waals surface area contributed by atoms with E-state index in [0.29, 0.717) is 16.8 Å². The average molecular weight is 537 g/mol. The lowest BCUT2D eigenvalue weighted by Crippen LogP contribution is -2.41. The van der Waals surface area contributed by atoms with Crippen molar-refractivity contribution >= 4 is 57.3 Å². The van der Waals surface area contributed by atoms with Crippen LogP contribution >= 0.6 is 0 Å². The number of hydrogen-bond donors (Lipinski definition) is 0. The number of nitrogens with zero attached hydrogens (tertiary/aromatic N) is 2. The quantitative estimate of drug-likeness (QED) is 0.221. The van der Waals surface area contributed by atoms with Crippen molar-refractivity contribution in [3.05, 3.63) is 101 Å². The molecule has 41 heavy (non-hydrogen) atoms. The Morgan fingerprint density at radius 1 is 0.756 bits per heavy atom. The topological polar surface area (TPSA) is 70.5 Å². The third-order valence-corrected chi connectivity index (χ3v) is 8.49. The lowest BCUT2D eigenvalue weighted by Gasteiger charge is -2.32. The van der Waals surface area contributed by atoms with Gasteiger partial charge in [-0.25, -0.2) is 9.97 Å². The van der Waals surface area contributed by atoms with Gasteiger partial charge in [-0.15, -0.1) is 0 Å². The highest BCUT2D eigenvalue weighted by Crippen LogP contribution is 2.37. The standard InChI is InChI=1S/C34H26BN2O4/c1-33(2)34(3,4)41-35(40-33)21-17-18-22-27(19-21)38-26-16-10-14-24(28(22)26)32-36-29(20-11-6-5-7-12-20)31-30(37-32)23-13-8-9-15-25(23)39-31/h5-9,11-19H,1-4H3/q+1. The minimum atomic E-state index is -0.475. The Bertz CT molecular complexity index is 2160. The molecule has 0 spiro atoms. The summed E-state index contributed by atoms with van der Waals surface area (Å²) in [5.74, 6) is 0.586. The monoisotopic (exact) mass is 537 g/mol. The molecule has 0 atom stereocenters. The van der Waals surface area contributed by atoms with Crippen molar-refractivity contribution in [3.8, 4) is 11.3 Å². The van der Waals surface area contributed by atoms with Crippen LogP contribution in [0, 0.1) is 6.08 Å². The minimum absolute atomic E-state index is 0.424. The number of benzene rings is 3. The van der Waals surface area contributed by atoms with Gasteiger partial charge in [-0.2, -0.15) is 0 Å². The fraction of sp³-hybridized carbons (Fsp3) is 0.176. The summed E-state index contributed by atoms with van der Waals surface area (Å²) < 4.78 is 25.2. The van der Waals surface area contributed by atoms with Gasteiger partial charge in [-0.05, 0) is 57.4 Å². The van der Waals surface area contributed by atoms with E-state index >= 15 is 0 Å². The van der Waals surface area contributed by atoms with Gasteiger partial charge in [0.15, 0.2) is 16.4 Å². The van der Waals surface area contributed by atoms with Crippen LogP contribution in [0.1, 0.15) is 33.5 Å². The molecule has 6 aromatic rings. The highest BCUT2D eigenvalue weighted by atomic mass is 16.7. The largest absolute Gasteiger partial charge is 0.494 e. The van der Waals surface area contributed by atoms with Crippen LogP contribution in [0.15, 0.2) is 87.7 Å². The Labute approximate surface area is 236 Å². The molecule has 3 aromatic carbocycles.